The Balaban J connectivity index is 3.64. The van der Waals surface area contributed by atoms with Crippen LogP contribution in [0.1, 0.15) is 12.8 Å². The zero-order valence-corrected chi connectivity index (χ0v) is 6.82. The average molecular weight is 176 g/mol. The van der Waals surface area contributed by atoms with Crippen molar-refractivity contribution in [2.75, 3.05) is 13.7 Å². The fourth-order valence-corrected chi connectivity index (χ4v) is 0.596. The van der Waals surface area contributed by atoms with E-state index in [1.54, 1.807) is 0 Å². The topological polar surface area (TPSA) is 83.8 Å². The summed E-state index contributed by atoms with van der Waals surface area (Å²) in [5, 5.41) is 17.1. The van der Waals surface area contributed by atoms with Crippen LogP contribution in [0.5, 0.6) is 0 Å². The molecule has 0 unspecified atom stereocenters. The second-order valence-electron chi connectivity index (χ2n) is 2.24. The molecule has 0 heterocycles. The number of carbonyl (C=O) groups excluding carboxylic acids is 2. The van der Waals surface area contributed by atoms with Crippen LogP contribution >= 0.6 is 0 Å². The first-order chi connectivity index (χ1) is 5.61. The highest BCUT2D eigenvalue weighted by Crippen LogP contribution is 1.97. The normalized spacial score (nSPS) is 12.2. The molecule has 2 N–H and O–H groups in total. The number of aliphatic hydroxyl groups is 2. The molecular formula is C7H12O5. The highest BCUT2D eigenvalue weighted by Gasteiger charge is 2.14. The van der Waals surface area contributed by atoms with Crippen molar-refractivity contribution < 1.29 is 24.5 Å². The number of ether oxygens (including phenoxy) is 1. The molecule has 0 fully saturated rings. The second kappa shape index (κ2) is 5.68. The van der Waals surface area contributed by atoms with Gasteiger partial charge in [0.1, 0.15) is 6.10 Å². The van der Waals surface area contributed by atoms with Gasteiger partial charge in [0, 0.05) is 6.42 Å². The third kappa shape index (κ3) is 4.05. The number of methoxy groups -OCH3 is 1. The molecule has 5 heteroatoms. The predicted molar refractivity (Wildman–Crippen MR) is 39.3 cm³/mol. The van der Waals surface area contributed by atoms with E-state index >= 15 is 0 Å². The van der Waals surface area contributed by atoms with E-state index in [2.05, 4.69) is 4.74 Å². The van der Waals surface area contributed by atoms with E-state index in [-0.39, 0.29) is 12.8 Å². The molecule has 0 aliphatic rings. The van der Waals surface area contributed by atoms with Crippen LogP contribution in [0.25, 0.3) is 0 Å². The molecule has 0 aliphatic heterocycles. The van der Waals surface area contributed by atoms with Crippen LogP contribution in [0.15, 0.2) is 0 Å². The minimum absolute atomic E-state index is 0.0631. The van der Waals surface area contributed by atoms with Gasteiger partial charge in [-0.1, -0.05) is 0 Å². The first-order valence-electron chi connectivity index (χ1n) is 3.50. The molecule has 70 valence electrons. The quantitative estimate of drug-likeness (QED) is 0.517. The Morgan fingerprint density at radius 2 is 2.00 bits per heavy atom. The molecule has 1 atom stereocenters. The number of hydrogen-bond acceptors (Lipinski definition) is 5. The molecule has 12 heavy (non-hydrogen) atoms. The molecule has 0 aromatic heterocycles. The number of hydrogen-bond donors (Lipinski definition) is 2. The molecule has 0 rings (SSSR count). The lowest BCUT2D eigenvalue weighted by Crippen LogP contribution is -2.24. The number of esters is 1. The monoisotopic (exact) mass is 176 g/mol. The smallest absolute Gasteiger partial charge is 0.305 e. The summed E-state index contributed by atoms with van der Waals surface area (Å²) in [6, 6.07) is 0. The maximum atomic E-state index is 10.8. The Kier molecular flexibility index (Phi) is 5.23. The van der Waals surface area contributed by atoms with Crippen LogP contribution in [0.3, 0.4) is 0 Å². The van der Waals surface area contributed by atoms with E-state index < -0.39 is 24.5 Å². The lowest BCUT2D eigenvalue weighted by molar-refractivity contribution is -0.143. The summed E-state index contributed by atoms with van der Waals surface area (Å²) in [7, 11) is 1.22. The SMILES string of the molecule is COC(=O)CCC(=O)[C@@H](O)CO. The molecule has 0 aromatic carbocycles. The fraction of sp³-hybridized carbons (Fsp3) is 0.714. The summed E-state index contributed by atoms with van der Waals surface area (Å²) in [5.74, 6) is -1.06. The number of Topliss-reactive ketones (excluding diaryl/α,β-unsaturated/α-hetero) is 1. The largest absolute Gasteiger partial charge is 0.469 e. The fourth-order valence-electron chi connectivity index (χ4n) is 0.596. The van der Waals surface area contributed by atoms with Crippen molar-refractivity contribution in [1.82, 2.24) is 0 Å². The van der Waals surface area contributed by atoms with Gasteiger partial charge >= 0.3 is 5.97 Å². The van der Waals surface area contributed by atoms with E-state index in [4.69, 9.17) is 10.2 Å². The van der Waals surface area contributed by atoms with Crippen LogP contribution in [0.4, 0.5) is 0 Å². The predicted octanol–water partition coefficient (Wildman–Crippen LogP) is -1.14. The van der Waals surface area contributed by atoms with Gasteiger partial charge in [0.25, 0.3) is 0 Å². The van der Waals surface area contributed by atoms with Crippen molar-refractivity contribution >= 4 is 11.8 Å². The van der Waals surface area contributed by atoms with Gasteiger partial charge in [-0.25, -0.2) is 0 Å². The van der Waals surface area contributed by atoms with E-state index in [1.807, 2.05) is 0 Å². The summed E-state index contributed by atoms with van der Waals surface area (Å²) in [6.07, 6.45) is -1.55. The van der Waals surface area contributed by atoms with Gasteiger partial charge in [0.15, 0.2) is 5.78 Å². The van der Waals surface area contributed by atoms with Crippen molar-refractivity contribution in [3.05, 3.63) is 0 Å². The maximum Gasteiger partial charge on any atom is 0.305 e. The van der Waals surface area contributed by atoms with E-state index in [0.29, 0.717) is 0 Å². The summed E-state index contributed by atoms with van der Waals surface area (Å²) < 4.78 is 4.28. The highest BCUT2D eigenvalue weighted by molar-refractivity contribution is 5.86. The molecule has 0 saturated heterocycles. The Morgan fingerprint density at radius 3 is 2.42 bits per heavy atom. The third-order valence-corrected chi connectivity index (χ3v) is 1.35. The van der Waals surface area contributed by atoms with Crippen molar-refractivity contribution in [3.8, 4) is 0 Å². The zero-order chi connectivity index (χ0) is 9.56. The molecule has 0 amide bonds. The molecule has 0 aliphatic carbocycles. The third-order valence-electron chi connectivity index (χ3n) is 1.35. The van der Waals surface area contributed by atoms with Gasteiger partial charge in [-0.3, -0.25) is 9.59 Å². The molecule has 0 aromatic rings. The number of carbonyl (C=O) groups is 2. The van der Waals surface area contributed by atoms with Crippen molar-refractivity contribution in [3.63, 3.8) is 0 Å². The van der Waals surface area contributed by atoms with Gasteiger partial charge in [-0.15, -0.1) is 0 Å². The molecule has 0 radical (unpaired) electrons. The van der Waals surface area contributed by atoms with Gasteiger partial charge in [-0.05, 0) is 0 Å². The van der Waals surface area contributed by atoms with Crippen LogP contribution < -0.4 is 0 Å². The first-order valence-corrected chi connectivity index (χ1v) is 3.50. The summed E-state index contributed by atoms with van der Waals surface area (Å²) >= 11 is 0. The van der Waals surface area contributed by atoms with Gasteiger partial charge in [-0.2, -0.15) is 0 Å². The van der Waals surface area contributed by atoms with Gasteiger partial charge in [0.05, 0.1) is 20.1 Å². The Bertz CT molecular complexity index is 165. The molecule has 0 spiro atoms. The number of aliphatic hydroxyl groups excluding tert-OH is 2. The Hall–Kier alpha value is -0.940. The average Bonchev–Trinajstić information content (AvgIpc) is 2.11. The molecule has 0 saturated carbocycles. The Labute approximate surface area is 70.0 Å². The van der Waals surface area contributed by atoms with Crippen LogP contribution in [-0.2, 0) is 14.3 Å². The summed E-state index contributed by atoms with van der Waals surface area (Å²) in [5.41, 5.74) is 0. The second-order valence-corrected chi connectivity index (χ2v) is 2.24. The molecule has 0 bridgehead atoms. The molecular weight excluding hydrogens is 164 g/mol. The maximum absolute atomic E-state index is 10.8. The van der Waals surface area contributed by atoms with Crippen molar-refractivity contribution in [2.45, 2.75) is 18.9 Å². The standard InChI is InChI=1S/C7H12O5/c1-12-7(11)3-2-5(9)6(10)4-8/h6,8,10H,2-4H2,1H3/t6-/m0/s1. The number of ketones is 1. The minimum Gasteiger partial charge on any atom is -0.469 e. The van der Waals surface area contributed by atoms with Crippen LogP contribution in [0.2, 0.25) is 0 Å². The minimum atomic E-state index is -1.38. The van der Waals surface area contributed by atoms with Gasteiger partial charge < -0.3 is 14.9 Å². The lowest BCUT2D eigenvalue weighted by atomic mass is 10.1. The lowest BCUT2D eigenvalue weighted by Gasteiger charge is -2.04. The van der Waals surface area contributed by atoms with Gasteiger partial charge in [0.2, 0.25) is 0 Å². The molecule has 5 nitrogen and oxygen atoms in total. The zero-order valence-electron chi connectivity index (χ0n) is 6.82. The summed E-state index contributed by atoms with van der Waals surface area (Å²) in [4.78, 5) is 21.3. The van der Waals surface area contributed by atoms with Crippen LogP contribution in [0, 0.1) is 0 Å². The first kappa shape index (κ1) is 11.1. The Morgan fingerprint density at radius 1 is 1.42 bits per heavy atom. The summed E-state index contributed by atoms with van der Waals surface area (Å²) in [6.45, 7) is -0.611. The van der Waals surface area contributed by atoms with E-state index in [0.717, 1.165) is 0 Å². The van der Waals surface area contributed by atoms with E-state index in [1.165, 1.54) is 7.11 Å². The van der Waals surface area contributed by atoms with Crippen LogP contribution in [-0.4, -0.2) is 41.8 Å². The van der Waals surface area contributed by atoms with Crippen molar-refractivity contribution in [2.24, 2.45) is 0 Å². The van der Waals surface area contributed by atoms with Crippen molar-refractivity contribution in [1.29, 1.82) is 0 Å². The number of rotatable bonds is 5. The highest BCUT2D eigenvalue weighted by atomic mass is 16.5. The van der Waals surface area contributed by atoms with E-state index in [9.17, 15) is 9.59 Å².